The molecule has 1 heterocycles. The number of anilines is 1. The van der Waals surface area contributed by atoms with Gasteiger partial charge >= 0.3 is 0 Å². The van der Waals surface area contributed by atoms with E-state index in [-0.39, 0.29) is 29.8 Å². The minimum atomic E-state index is -0.407. The molecule has 3 N–H and O–H groups in total. The van der Waals surface area contributed by atoms with Crippen LogP contribution in [0.2, 0.25) is 0 Å². The molecule has 0 bridgehead atoms. The number of carbonyl (C=O) groups is 2. The first-order chi connectivity index (χ1) is 21.8. The van der Waals surface area contributed by atoms with Gasteiger partial charge in [-0.15, -0.1) is 0 Å². The van der Waals surface area contributed by atoms with E-state index in [2.05, 4.69) is 45.1 Å². The summed E-state index contributed by atoms with van der Waals surface area (Å²) in [6.07, 6.45) is 2.92. The molecule has 1 saturated heterocycles. The van der Waals surface area contributed by atoms with Gasteiger partial charge in [0.05, 0.1) is 39.6 Å². The van der Waals surface area contributed by atoms with E-state index in [0.717, 1.165) is 49.2 Å². The number of aryl methyl sites for hydroxylation is 1. The lowest BCUT2D eigenvalue weighted by Gasteiger charge is -2.32. The third kappa shape index (κ3) is 7.39. The van der Waals surface area contributed by atoms with E-state index in [4.69, 9.17) is 14.2 Å². The number of fused-ring (bicyclic) bond motifs is 3. The Balaban J connectivity index is 1.34. The molecule has 238 valence electrons. The number of piperidine rings is 1. The van der Waals surface area contributed by atoms with Gasteiger partial charge in [-0.3, -0.25) is 19.3 Å². The highest BCUT2D eigenvalue weighted by Crippen LogP contribution is 2.50. The van der Waals surface area contributed by atoms with Crippen LogP contribution in [0.5, 0.6) is 17.2 Å². The predicted molar refractivity (Wildman–Crippen MR) is 174 cm³/mol. The van der Waals surface area contributed by atoms with Crippen LogP contribution in [0.1, 0.15) is 48.9 Å². The highest BCUT2D eigenvalue weighted by atomic mass is 16.5. The van der Waals surface area contributed by atoms with Gasteiger partial charge < -0.3 is 30.2 Å². The second-order valence-electron chi connectivity index (χ2n) is 11.6. The molecule has 2 aliphatic rings. The van der Waals surface area contributed by atoms with Crippen LogP contribution in [0.3, 0.4) is 0 Å². The van der Waals surface area contributed by atoms with E-state index >= 15 is 0 Å². The summed E-state index contributed by atoms with van der Waals surface area (Å²) in [6, 6.07) is 17.1. The second-order valence-corrected chi connectivity index (χ2v) is 11.6. The average Bonchev–Trinajstić information content (AvgIpc) is 3.28. The fourth-order valence-corrected chi connectivity index (χ4v) is 6.38. The van der Waals surface area contributed by atoms with Crippen LogP contribution < -0.4 is 35.6 Å². The van der Waals surface area contributed by atoms with Crippen molar-refractivity contribution < 1.29 is 23.8 Å². The van der Waals surface area contributed by atoms with Crippen LogP contribution in [0.4, 0.5) is 5.69 Å². The van der Waals surface area contributed by atoms with Crippen molar-refractivity contribution in [3.05, 3.63) is 81.5 Å². The largest absolute Gasteiger partial charge is 0.493 e. The summed E-state index contributed by atoms with van der Waals surface area (Å²) in [5.41, 5.74) is 4.41. The zero-order valence-corrected chi connectivity index (χ0v) is 26.4. The molecule has 10 heteroatoms. The Morgan fingerprint density at radius 1 is 0.889 bits per heavy atom. The Morgan fingerprint density at radius 3 is 2.29 bits per heavy atom. The molecule has 0 unspecified atom stereocenters. The minimum absolute atomic E-state index is 0.0335. The molecule has 1 fully saturated rings. The summed E-state index contributed by atoms with van der Waals surface area (Å²) in [4.78, 5) is 41.0. The highest BCUT2D eigenvalue weighted by molar-refractivity contribution is 5.84. The van der Waals surface area contributed by atoms with Gasteiger partial charge in [-0.25, -0.2) is 0 Å². The van der Waals surface area contributed by atoms with Crippen LogP contribution in [0.25, 0.3) is 11.1 Å². The number of amides is 2. The number of rotatable bonds is 10. The molecule has 1 aliphatic heterocycles. The van der Waals surface area contributed by atoms with Crippen LogP contribution in [0, 0.1) is 0 Å². The molecular formula is C35H42N4O6. The maximum absolute atomic E-state index is 13.5. The Bertz CT molecular complexity index is 1590. The average molecular weight is 615 g/mol. The standard InChI is InChI=1S/C35H42N4O6/c1-22(40)37-28-12-10-24-18-31(43-2)34(44-3)35(45-4)33(24)26-11-13-29(30(41)19-27(26)28)36-20-32(42)38-25-14-16-39(17-15-25)21-23-8-6-5-7-9-23/h5-9,11,13,18-19,25,28H,10,12,14-17,20-21H2,1-4H3,(H,36,41)(H,37,40)(H,38,42)/t28-/m0/s1. The number of benzene rings is 2. The third-order valence-corrected chi connectivity index (χ3v) is 8.56. The van der Waals surface area contributed by atoms with Crippen molar-refractivity contribution in [1.29, 1.82) is 0 Å². The van der Waals surface area contributed by atoms with E-state index in [1.807, 2.05) is 18.2 Å². The Morgan fingerprint density at radius 2 is 1.62 bits per heavy atom. The van der Waals surface area contributed by atoms with E-state index in [0.29, 0.717) is 41.3 Å². The van der Waals surface area contributed by atoms with Crippen LogP contribution in [-0.4, -0.2) is 63.7 Å². The summed E-state index contributed by atoms with van der Waals surface area (Å²) >= 11 is 0. The van der Waals surface area contributed by atoms with Gasteiger partial charge in [0.25, 0.3) is 0 Å². The molecule has 2 amide bonds. The van der Waals surface area contributed by atoms with Gasteiger partial charge in [-0.1, -0.05) is 36.4 Å². The van der Waals surface area contributed by atoms with Gasteiger partial charge in [0, 0.05) is 38.2 Å². The van der Waals surface area contributed by atoms with Crippen LogP contribution in [0.15, 0.2) is 59.4 Å². The van der Waals surface area contributed by atoms with Crippen molar-refractivity contribution >= 4 is 17.5 Å². The summed E-state index contributed by atoms with van der Waals surface area (Å²) in [5, 5.41) is 9.19. The molecule has 5 rings (SSSR count). The number of hydrogen-bond acceptors (Lipinski definition) is 8. The maximum Gasteiger partial charge on any atom is 0.239 e. The van der Waals surface area contributed by atoms with E-state index in [1.54, 1.807) is 33.5 Å². The zero-order valence-electron chi connectivity index (χ0n) is 26.4. The molecular weight excluding hydrogens is 572 g/mol. The van der Waals surface area contributed by atoms with Crippen molar-refractivity contribution in [2.24, 2.45) is 0 Å². The van der Waals surface area contributed by atoms with E-state index in [1.165, 1.54) is 12.5 Å². The summed E-state index contributed by atoms with van der Waals surface area (Å²) in [7, 11) is 4.68. The Labute approximate surface area is 264 Å². The summed E-state index contributed by atoms with van der Waals surface area (Å²) in [6.45, 7) is 4.16. The van der Waals surface area contributed by atoms with Crippen molar-refractivity contribution in [2.45, 2.75) is 51.2 Å². The monoisotopic (exact) mass is 614 g/mol. The third-order valence-electron chi connectivity index (χ3n) is 8.56. The van der Waals surface area contributed by atoms with Crippen LogP contribution in [-0.2, 0) is 22.6 Å². The normalized spacial score (nSPS) is 16.4. The number of nitrogens with zero attached hydrogens (tertiary/aromatic N) is 1. The maximum atomic E-state index is 13.5. The van der Waals surface area contributed by atoms with Gasteiger partial charge in [-0.2, -0.15) is 0 Å². The van der Waals surface area contributed by atoms with Gasteiger partial charge in [0.2, 0.25) is 23.0 Å². The lowest BCUT2D eigenvalue weighted by atomic mass is 9.95. The Kier molecular flexibility index (Phi) is 10.2. The lowest BCUT2D eigenvalue weighted by Crippen LogP contribution is -2.45. The number of likely N-dealkylation sites (tertiary alicyclic amines) is 1. The quantitative estimate of drug-likeness (QED) is 0.313. The second kappa shape index (κ2) is 14.5. The minimum Gasteiger partial charge on any atom is -0.493 e. The van der Waals surface area contributed by atoms with E-state index < -0.39 is 6.04 Å². The number of methoxy groups -OCH3 is 3. The number of hydrogen-bond donors (Lipinski definition) is 3. The fraction of sp³-hybridized carbons (Fsp3) is 0.400. The first-order valence-corrected chi connectivity index (χ1v) is 15.4. The molecule has 10 nitrogen and oxygen atoms in total. The number of nitrogens with one attached hydrogen (secondary N) is 3. The molecule has 3 aromatic carbocycles. The van der Waals surface area contributed by atoms with E-state index in [9.17, 15) is 14.4 Å². The van der Waals surface area contributed by atoms with Gasteiger partial charge in [0.1, 0.15) is 0 Å². The number of ether oxygens (including phenoxy) is 3. The fourth-order valence-electron chi connectivity index (χ4n) is 6.38. The molecule has 1 atom stereocenters. The van der Waals surface area contributed by atoms with Crippen molar-refractivity contribution in [2.75, 3.05) is 46.3 Å². The van der Waals surface area contributed by atoms with Crippen molar-refractivity contribution in [1.82, 2.24) is 15.5 Å². The molecule has 3 aromatic rings. The van der Waals surface area contributed by atoms with Crippen molar-refractivity contribution in [3.63, 3.8) is 0 Å². The summed E-state index contributed by atoms with van der Waals surface area (Å²) in [5.74, 6) is 1.10. The molecule has 0 spiro atoms. The van der Waals surface area contributed by atoms with Crippen LogP contribution >= 0.6 is 0 Å². The SMILES string of the molecule is COc1cc2c(c(OC)c1OC)-c1ccc(NCC(=O)NC3CCN(Cc4ccccc4)CC3)c(=O)cc1[C@@H](NC(C)=O)CC2. The molecule has 1 aliphatic carbocycles. The zero-order chi connectivity index (χ0) is 31.9. The predicted octanol–water partition coefficient (Wildman–Crippen LogP) is 4.06. The molecule has 0 aromatic heterocycles. The first kappa shape index (κ1) is 31.8. The molecule has 0 saturated carbocycles. The lowest BCUT2D eigenvalue weighted by molar-refractivity contribution is -0.121. The smallest absolute Gasteiger partial charge is 0.239 e. The number of carbonyl (C=O) groups excluding carboxylic acids is 2. The molecule has 45 heavy (non-hydrogen) atoms. The first-order valence-electron chi connectivity index (χ1n) is 15.4. The highest BCUT2D eigenvalue weighted by Gasteiger charge is 2.29. The van der Waals surface area contributed by atoms with Gasteiger partial charge in [0.15, 0.2) is 11.5 Å². The topological polar surface area (TPSA) is 118 Å². The van der Waals surface area contributed by atoms with Gasteiger partial charge in [-0.05, 0) is 66.1 Å². The Hall–Kier alpha value is -4.57. The summed E-state index contributed by atoms with van der Waals surface area (Å²) < 4.78 is 17.1. The molecule has 0 radical (unpaired) electrons. The van der Waals surface area contributed by atoms with Crippen molar-refractivity contribution in [3.8, 4) is 28.4 Å².